The summed E-state index contributed by atoms with van der Waals surface area (Å²) in [6, 6.07) is 17.4. The van der Waals surface area contributed by atoms with Crippen molar-refractivity contribution in [2.45, 2.75) is 11.9 Å². The number of para-hydroxylation sites is 1. The molecule has 0 aromatic heterocycles. The molecular weight excluding hydrogens is 318 g/mol. The third kappa shape index (κ3) is 4.70. The van der Waals surface area contributed by atoms with Crippen molar-refractivity contribution in [1.29, 1.82) is 0 Å². The van der Waals surface area contributed by atoms with Gasteiger partial charge in [0, 0.05) is 11.9 Å². The van der Waals surface area contributed by atoms with Crippen molar-refractivity contribution < 1.29 is 9.53 Å². The fourth-order valence-electron chi connectivity index (χ4n) is 1.66. The Kier molecular flexibility index (Phi) is 5.62. The van der Waals surface area contributed by atoms with Crippen LogP contribution in [0.15, 0.2) is 54.6 Å². The summed E-state index contributed by atoms with van der Waals surface area (Å²) >= 11 is 3.40. The highest BCUT2D eigenvalue weighted by atomic mass is 79.9. The molecule has 0 aliphatic heterocycles. The van der Waals surface area contributed by atoms with Gasteiger partial charge in [0.2, 0.25) is 0 Å². The summed E-state index contributed by atoms with van der Waals surface area (Å²) in [5.41, 5.74) is 2.29. The van der Waals surface area contributed by atoms with E-state index in [1.807, 2.05) is 54.6 Å². The summed E-state index contributed by atoms with van der Waals surface area (Å²) in [5.74, 6) is 0.572. The molecule has 0 saturated carbocycles. The van der Waals surface area contributed by atoms with Gasteiger partial charge in [0.05, 0.1) is 0 Å². The number of carbonyl (C=O) groups is 1. The van der Waals surface area contributed by atoms with E-state index in [1.54, 1.807) is 0 Å². The number of ether oxygens (including phenoxy) is 1. The lowest BCUT2D eigenvalue weighted by atomic mass is 10.1. The Bertz CT molecular complexity index is 540. The van der Waals surface area contributed by atoms with Crippen LogP contribution in [-0.4, -0.2) is 12.5 Å². The molecule has 1 N–H and O–H groups in total. The molecule has 104 valence electrons. The highest BCUT2D eigenvalue weighted by Gasteiger charge is 2.02. The van der Waals surface area contributed by atoms with Crippen LogP contribution in [0.2, 0.25) is 0 Å². The zero-order valence-electron chi connectivity index (χ0n) is 11.0. The molecule has 0 radical (unpaired) electrons. The molecule has 4 heteroatoms. The van der Waals surface area contributed by atoms with Crippen molar-refractivity contribution in [2.24, 2.45) is 0 Å². The fraction of sp³-hybridized carbons (Fsp3) is 0.188. The van der Waals surface area contributed by atoms with Crippen molar-refractivity contribution in [1.82, 2.24) is 5.32 Å². The van der Waals surface area contributed by atoms with E-state index in [-0.39, 0.29) is 12.5 Å². The average Bonchev–Trinajstić information content (AvgIpc) is 2.52. The number of benzene rings is 2. The highest BCUT2D eigenvalue weighted by Crippen LogP contribution is 2.09. The Morgan fingerprint density at radius 2 is 1.65 bits per heavy atom. The first-order valence-corrected chi connectivity index (χ1v) is 7.48. The molecule has 0 heterocycles. The van der Waals surface area contributed by atoms with E-state index >= 15 is 0 Å². The van der Waals surface area contributed by atoms with Gasteiger partial charge in [-0.1, -0.05) is 58.4 Å². The number of halogens is 1. The standard InChI is InChI=1S/C16H16BrNO2/c17-10-13-6-8-14(9-7-13)11-18-16(19)12-20-15-4-2-1-3-5-15/h1-9H,10-12H2,(H,18,19). The molecule has 0 atom stereocenters. The van der Waals surface area contributed by atoms with Gasteiger partial charge in [0.25, 0.3) is 5.91 Å². The Balaban J connectivity index is 1.74. The van der Waals surface area contributed by atoms with Crippen LogP contribution in [0.25, 0.3) is 0 Å². The van der Waals surface area contributed by atoms with Gasteiger partial charge < -0.3 is 10.1 Å². The third-order valence-corrected chi connectivity index (χ3v) is 3.43. The summed E-state index contributed by atoms with van der Waals surface area (Å²) < 4.78 is 5.37. The minimum atomic E-state index is -0.126. The van der Waals surface area contributed by atoms with Crippen molar-refractivity contribution in [2.75, 3.05) is 6.61 Å². The number of carbonyl (C=O) groups excluding carboxylic acids is 1. The normalized spacial score (nSPS) is 10.1. The van der Waals surface area contributed by atoms with E-state index in [0.29, 0.717) is 12.3 Å². The molecule has 20 heavy (non-hydrogen) atoms. The first kappa shape index (κ1) is 14.6. The number of hydrogen-bond donors (Lipinski definition) is 1. The second-order valence-corrected chi connectivity index (χ2v) is 4.89. The molecule has 3 nitrogen and oxygen atoms in total. The van der Waals surface area contributed by atoms with Gasteiger partial charge in [0.1, 0.15) is 5.75 Å². The van der Waals surface area contributed by atoms with Gasteiger partial charge >= 0.3 is 0 Å². The molecule has 1 amide bonds. The lowest BCUT2D eigenvalue weighted by molar-refractivity contribution is -0.123. The molecule has 0 fully saturated rings. The molecule has 0 saturated heterocycles. The summed E-state index contributed by atoms with van der Waals surface area (Å²) in [7, 11) is 0. The highest BCUT2D eigenvalue weighted by molar-refractivity contribution is 9.08. The van der Waals surface area contributed by atoms with Crippen molar-refractivity contribution in [3.05, 3.63) is 65.7 Å². The number of amides is 1. The molecule has 2 rings (SSSR count). The predicted octanol–water partition coefficient (Wildman–Crippen LogP) is 3.28. The minimum Gasteiger partial charge on any atom is -0.484 e. The van der Waals surface area contributed by atoms with E-state index in [2.05, 4.69) is 21.2 Å². The Morgan fingerprint density at radius 1 is 1.00 bits per heavy atom. The van der Waals surface area contributed by atoms with Gasteiger partial charge in [-0.3, -0.25) is 4.79 Å². The van der Waals surface area contributed by atoms with Crippen LogP contribution in [0, 0.1) is 0 Å². The molecule has 0 bridgehead atoms. The first-order valence-electron chi connectivity index (χ1n) is 6.36. The van der Waals surface area contributed by atoms with Gasteiger partial charge in [-0.15, -0.1) is 0 Å². The maximum atomic E-state index is 11.7. The van der Waals surface area contributed by atoms with Crippen molar-refractivity contribution >= 4 is 21.8 Å². The number of nitrogens with one attached hydrogen (secondary N) is 1. The van der Waals surface area contributed by atoms with Crippen molar-refractivity contribution in [3.63, 3.8) is 0 Å². The SMILES string of the molecule is O=C(COc1ccccc1)NCc1ccc(CBr)cc1. The summed E-state index contributed by atoms with van der Waals surface area (Å²) in [5, 5.41) is 3.67. The zero-order valence-corrected chi connectivity index (χ0v) is 12.6. The van der Waals surface area contributed by atoms with Gasteiger partial charge in [-0.25, -0.2) is 0 Å². The van der Waals surface area contributed by atoms with Crippen LogP contribution in [0.3, 0.4) is 0 Å². The van der Waals surface area contributed by atoms with Gasteiger partial charge in [-0.05, 0) is 23.3 Å². The summed E-state index contributed by atoms with van der Waals surface area (Å²) in [6.45, 7) is 0.545. The Labute approximate surface area is 127 Å². The van der Waals surface area contributed by atoms with E-state index in [4.69, 9.17) is 4.74 Å². The van der Waals surface area contributed by atoms with Gasteiger partial charge in [-0.2, -0.15) is 0 Å². The van der Waals surface area contributed by atoms with E-state index in [0.717, 1.165) is 10.9 Å². The van der Waals surface area contributed by atoms with E-state index in [9.17, 15) is 4.79 Å². The third-order valence-electron chi connectivity index (χ3n) is 2.78. The van der Waals surface area contributed by atoms with Crippen molar-refractivity contribution in [3.8, 4) is 5.75 Å². The first-order chi connectivity index (χ1) is 9.78. The van der Waals surface area contributed by atoms with Crippen LogP contribution in [0.4, 0.5) is 0 Å². The zero-order chi connectivity index (χ0) is 14.2. The molecule has 0 aliphatic carbocycles. The van der Waals surface area contributed by atoms with E-state index < -0.39 is 0 Å². The molecule has 0 spiro atoms. The maximum Gasteiger partial charge on any atom is 0.258 e. The number of rotatable bonds is 6. The smallest absolute Gasteiger partial charge is 0.258 e. The van der Waals surface area contributed by atoms with Crippen LogP contribution in [0.1, 0.15) is 11.1 Å². The predicted molar refractivity (Wildman–Crippen MR) is 82.9 cm³/mol. The lowest BCUT2D eigenvalue weighted by Crippen LogP contribution is -2.28. The molecular formula is C16H16BrNO2. The van der Waals surface area contributed by atoms with Crippen LogP contribution in [-0.2, 0) is 16.7 Å². The summed E-state index contributed by atoms with van der Waals surface area (Å²) in [4.78, 5) is 11.7. The van der Waals surface area contributed by atoms with Crippen LogP contribution >= 0.6 is 15.9 Å². The monoisotopic (exact) mass is 333 g/mol. The minimum absolute atomic E-state index is 0.0312. The number of alkyl halides is 1. The molecule has 0 unspecified atom stereocenters. The average molecular weight is 334 g/mol. The largest absolute Gasteiger partial charge is 0.484 e. The Morgan fingerprint density at radius 3 is 2.30 bits per heavy atom. The summed E-state index contributed by atoms with van der Waals surface area (Å²) in [6.07, 6.45) is 0. The number of hydrogen-bond acceptors (Lipinski definition) is 2. The lowest BCUT2D eigenvalue weighted by Gasteiger charge is -2.07. The Hall–Kier alpha value is -1.81. The topological polar surface area (TPSA) is 38.3 Å². The second-order valence-electron chi connectivity index (χ2n) is 4.33. The maximum absolute atomic E-state index is 11.7. The van der Waals surface area contributed by atoms with Crippen LogP contribution < -0.4 is 10.1 Å². The molecule has 2 aromatic rings. The quantitative estimate of drug-likeness (QED) is 0.824. The van der Waals surface area contributed by atoms with Gasteiger partial charge in [0.15, 0.2) is 6.61 Å². The molecule has 0 aliphatic rings. The van der Waals surface area contributed by atoms with Crippen LogP contribution in [0.5, 0.6) is 5.75 Å². The van der Waals surface area contributed by atoms with E-state index in [1.165, 1.54) is 5.56 Å². The fourth-order valence-corrected chi connectivity index (χ4v) is 2.04. The second kappa shape index (κ2) is 7.70. The molecule has 2 aromatic carbocycles.